The lowest BCUT2D eigenvalue weighted by molar-refractivity contribution is 0.102. The van der Waals surface area contributed by atoms with E-state index in [2.05, 4.69) is 27.9 Å². The highest BCUT2D eigenvalue weighted by Gasteiger charge is 2.16. The third kappa shape index (κ3) is 4.60. The fraction of sp³-hybridized carbons (Fsp3) is 0.278. The second-order valence-electron chi connectivity index (χ2n) is 4.97. The van der Waals surface area contributed by atoms with Crippen LogP contribution in [0.2, 0.25) is 0 Å². The van der Waals surface area contributed by atoms with Crippen LogP contribution in [0.3, 0.4) is 0 Å². The van der Waals surface area contributed by atoms with E-state index in [0.29, 0.717) is 30.3 Å². The SMILES string of the molecule is CCOc1cc(C(=O)Nc2ccc(C)cc2)cc(I)c1OCC. The maximum Gasteiger partial charge on any atom is 0.255 e. The number of amides is 1. The van der Waals surface area contributed by atoms with Gasteiger partial charge >= 0.3 is 0 Å². The molecule has 1 amide bonds. The molecule has 23 heavy (non-hydrogen) atoms. The van der Waals surface area contributed by atoms with Gasteiger partial charge in [0.15, 0.2) is 11.5 Å². The van der Waals surface area contributed by atoms with Crippen LogP contribution in [-0.4, -0.2) is 19.1 Å². The van der Waals surface area contributed by atoms with Crippen LogP contribution in [0.25, 0.3) is 0 Å². The number of hydrogen-bond donors (Lipinski definition) is 1. The van der Waals surface area contributed by atoms with Gasteiger partial charge in [0, 0.05) is 11.3 Å². The van der Waals surface area contributed by atoms with E-state index >= 15 is 0 Å². The van der Waals surface area contributed by atoms with Crippen molar-refractivity contribution in [2.45, 2.75) is 20.8 Å². The summed E-state index contributed by atoms with van der Waals surface area (Å²) in [6.45, 7) is 6.89. The van der Waals surface area contributed by atoms with E-state index in [4.69, 9.17) is 9.47 Å². The Labute approximate surface area is 150 Å². The zero-order valence-corrected chi connectivity index (χ0v) is 15.6. The number of carbonyl (C=O) groups is 1. The van der Waals surface area contributed by atoms with E-state index in [0.717, 1.165) is 14.8 Å². The van der Waals surface area contributed by atoms with Crippen molar-refractivity contribution in [1.82, 2.24) is 0 Å². The van der Waals surface area contributed by atoms with Crippen molar-refractivity contribution in [2.75, 3.05) is 18.5 Å². The first kappa shape index (κ1) is 17.6. The third-order valence-corrected chi connectivity index (χ3v) is 3.97. The first-order chi connectivity index (χ1) is 11.0. The van der Waals surface area contributed by atoms with Crippen molar-refractivity contribution in [3.8, 4) is 11.5 Å². The Morgan fingerprint density at radius 3 is 2.35 bits per heavy atom. The van der Waals surface area contributed by atoms with Gasteiger partial charge in [0.2, 0.25) is 0 Å². The van der Waals surface area contributed by atoms with Crippen molar-refractivity contribution < 1.29 is 14.3 Å². The Bertz CT molecular complexity index is 683. The number of rotatable bonds is 6. The summed E-state index contributed by atoms with van der Waals surface area (Å²) in [5.41, 5.74) is 2.46. The largest absolute Gasteiger partial charge is 0.490 e. The summed E-state index contributed by atoms with van der Waals surface area (Å²) in [5.74, 6) is 1.10. The summed E-state index contributed by atoms with van der Waals surface area (Å²) in [7, 11) is 0. The number of hydrogen-bond acceptors (Lipinski definition) is 3. The molecular formula is C18H20INO3. The number of benzene rings is 2. The monoisotopic (exact) mass is 425 g/mol. The Balaban J connectivity index is 2.27. The first-order valence-corrected chi connectivity index (χ1v) is 8.60. The number of carbonyl (C=O) groups excluding carboxylic acids is 1. The minimum atomic E-state index is -0.171. The van der Waals surface area contributed by atoms with Gasteiger partial charge in [-0.05, 0) is 67.6 Å². The molecule has 122 valence electrons. The normalized spacial score (nSPS) is 10.3. The van der Waals surface area contributed by atoms with E-state index in [-0.39, 0.29) is 5.91 Å². The van der Waals surface area contributed by atoms with Gasteiger partial charge < -0.3 is 14.8 Å². The Morgan fingerprint density at radius 2 is 1.74 bits per heavy atom. The van der Waals surface area contributed by atoms with Crippen molar-refractivity contribution in [1.29, 1.82) is 0 Å². The molecule has 2 aromatic rings. The second-order valence-corrected chi connectivity index (χ2v) is 6.13. The molecule has 2 aromatic carbocycles. The van der Waals surface area contributed by atoms with E-state index in [1.807, 2.05) is 45.0 Å². The molecule has 0 radical (unpaired) electrons. The van der Waals surface area contributed by atoms with Crippen LogP contribution < -0.4 is 14.8 Å². The molecule has 0 aliphatic heterocycles. The van der Waals surface area contributed by atoms with Crippen LogP contribution in [0.5, 0.6) is 11.5 Å². The van der Waals surface area contributed by atoms with Crippen LogP contribution in [0.1, 0.15) is 29.8 Å². The van der Waals surface area contributed by atoms with Crippen LogP contribution in [-0.2, 0) is 0 Å². The van der Waals surface area contributed by atoms with Crippen LogP contribution in [0, 0.1) is 10.5 Å². The Morgan fingerprint density at radius 1 is 1.09 bits per heavy atom. The van der Waals surface area contributed by atoms with E-state index in [9.17, 15) is 4.79 Å². The van der Waals surface area contributed by atoms with Crippen LogP contribution >= 0.6 is 22.6 Å². The van der Waals surface area contributed by atoms with Gasteiger partial charge in [-0.15, -0.1) is 0 Å². The molecule has 0 aliphatic carbocycles. The van der Waals surface area contributed by atoms with Crippen LogP contribution in [0.4, 0.5) is 5.69 Å². The average molecular weight is 425 g/mol. The first-order valence-electron chi connectivity index (χ1n) is 7.52. The fourth-order valence-corrected chi connectivity index (χ4v) is 2.84. The lowest BCUT2D eigenvalue weighted by atomic mass is 10.1. The maximum absolute atomic E-state index is 12.5. The van der Waals surface area contributed by atoms with E-state index < -0.39 is 0 Å². The third-order valence-electron chi connectivity index (χ3n) is 3.17. The highest BCUT2D eigenvalue weighted by atomic mass is 127. The minimum Gasteiger partial charge on any atom is -0.490 e. The molecule has 0 heterocycles. The smallest absolute Gasteiger partial charge is 0.255 e. The number of nitrogens with one attached hydrogen (secondary N) is 1. The van der Waals surface area contributed by atoms with E-state index in [1.54, 1.807) is 12.1 Å². The molecule has 0 aliphatic rings. The molecular weight excluding hydrogens is 405 g/mol. The van der Waals surface area contributed by atoms with Gasteiger partial charge in [0.1, 0.15) is 0 Å². The number of halogens is 1. The molecule has 0 fully saturated rings. The van der Waals surface area contributed by atoms with Gasteiger partial charge in [-0.25, -0.2) is 0 Å². The predicted octanol–water partition coefficient (Wildman–Crippen LogP) is 4.65. The molecule has 0 spiro atoms. The standard InChI is InChI=1S/C18H20INO3/c1-4-22-16-11-13(10-15(19)17(16)23-5-2)18(21)20-14-8-6-12(3)7-9-14/h6-11H,4-5H2,1-3H3,(H,20,21). The van der Waals surface area contributed by atoms with Crippen molar-refractivity contribution >= 4 is 34.2 Å². The maximum atomic E-state index is 12.5. The number of anilines is 1. The lowest BCUT2D eigenvalue weighted by Crippen LogP contribution is -2.13. The molecule has 0 aromatic heterocycles. The molecule has 1 N–H and O–H groups in total. The van der Waals surface area contributed by atoms with Gasteiger partial charge in [0.05, 0.1) is 16.8 Å². The fourth-order valence-electron chi connectivity index (χ4n) is 2.09. The summed E-state index contributed by atoms with van der Waals surface area (Å²) >= 11 is 2.16. The Hall–Kier alpha value is -1.76. The summed E-state index contributed by atoms with van der Waals surface area (Å²) in [5, 5.41) is 2.89. The molecule has 4 nitrogen and oxygen atoms in total. The molecule has 0 atom stereocenters. The summed E-state index contributed by atoms with van der Waals surface area (Å²) < 4.78 is 12.1. The molecule has 5 heteroatoms. The molecule has 0 bridgehead atoms. The van der Waals surface area contributed by atoms with Crippen molar-refractivity contribution in [2.24, 2.45) is 0 Å². The van der Waals surface area contributed by atoms with Gasteiger partial charge in [-0.2, -0.15) is 0 Å². The molecule has 0 saturated heterocycles. The van der Waals surface area contributed by atoms with Crippen molar-refractivity contribution in [3.05, 3.63) is 51.1 Å². The van der Waals surface area contributed by atoms with Gasteiger partial charge in [-0.3, -0.25) is 4.79 Å². The molecule has 0 unspecified atom stereocenters. The highest BCUT2D eigenvalue weighted by Crippen LogP contribution is 2.34. The highest BCUT2D eigenvalue weighted by molar-refractivity contribution is 14.1. The summed E-state index contributed by atoms with van der Waals surface area (Å²) in [6, 6.07) is 11.2. The Kier molecular flexibility index (Phi) is 6.27. The van der Waals surface area contributed by atoms with Crippen molar-refractivity contribution in [3.63, 3.8) is 0 Å². The zero-order valence-electron chi connectivity index (χ0n) is 13.5. The number of ether oxygens (including phenoxy) is 2. The van der Waals surface area contributed by atoms with E-state index in [1.165, 1.54) is 0 Å². The van der Waals surface area contributed by atoms with Gasteiger partial charge in [-0.1, -0.05) is 17.7 Å². The summed E-state index contributed by atoms with van der Waals surface area (Å²) in [4.78, 5) is 12.5. The lowest BCUT2D eigenvalue weighted by Gasteiger charge is -2.14. The van der Waals surface area contributed by atoms with Gasteiger partial charge in [0.25, 0.3) is 5.91 Å². The van der Waals surface area contributed by atoms with Crippen LogP contribution in [0.15, 0.2) is 36.4 Å². The molecule has 2 rings (SSSR count). The minimum absolute atomic E-state index is 0.171. The zero-order chi connectivity index (χ0) is 16.8. The number of aryl methyl sites for hydroxylation is 1. The molecule has 0 saturated carbocycles. The second kappa shape index (κ2) is 8.19. The topological polar surface area (TPSA) is 47.6 Å². The average Bonchev–Trinajstić information content (AvgIpc) is 2.53. The quantitative estimate of drug-likeness (QED) is 0.686. The summed E-state index contributed by atoms with van der Waals surface area (Å²) in [6.07, 6.45) is 0. The predicted molar refractivity (Wildman–Crippen MR) is 101 cm³/mol.